The molecule has 0 atom stereocenters. The van der Waals surface area contributed by atoms with E-state index in [0.717, 1.165) is 0 Å². The number of carbonyl (C=O) groups excluding carboxylic acids is 1. The number of aryl methyl sites for hydroxylation is 1. The van der Waals surface area contributed by atoms with Gasteiger partial charge in [-0.1, -0.05) is 11.6 Å². The number of halogens is 1. The molecule has 2 N–H and O–H groups in total. The minimum absolute atomic E-state index is 0.0431. The Hall–Kier alpha value is -1.99. The molecule has 1 heterocycles. The first-order valence-electron chi connectivity index (χ1n) is 5.90. The first-order chi connectivity index (χ1) is 9.83. The summed E-state index contributed by atoms with van der Waals surface area (Å²) in [5.41, 5.74) is 0.811. The molecule has 2 rings (SSSR count). The van der Waals surface area contributed by atoms with Crippen LogP contribution in [0.15, 0.2) is 35.2 Å². The number of ether oxygens (including phenoxy) is 1. The number of hydrogen-bond acceptors (Lipinski definition) is 4. The van der Waals surface area contributed by atoms with E-state index < -0.39 is 16.0 Å². The molecule has 0 bridgehead atoms. The van der Waals surface area contributed by atoms with Crippen LogP contribution in [-0.4, -0.2) is 26.5 Å². The molecule has 6 nitrogen and oxygen atoms in total. The lowest BCUT2D eigenvalue weighted by Crippen LogP contribution is -2.15. The van der Waals surface area contributed by atoms with Gasteiger partial charge in [-0.25, -0.2) is 13.2 Å². The molecule has 0 aliphatic rings. The van der Waals surface area contributed by atoms with Gasteiger partial charge in [0, 0.05) is 10.7 Å². The standard InChI is InChI=1S/C13H13ClN2O4S/c1-8-7-11(12(15-8)13(17)20-2)16-21(18,19)10-5-3-9(14)4-6-10/h3-7,15-16H,1-2H3. The summed E-state index contributed by atoms with van der Waals surface area (Å²) in [6.45, 7) is 1.70. The molecule has 0 saturated carbocycles. The Morgan fingerprint density at radius 3 is 2.48 bits per heavy atom. The van der Waals surface area contributed by atoms with Gasteiger partial charge in [-0.05, 0) is 37.3 Å². The fourth-order valence-corrected chi connectivity index (χ4v) is 2.94. The van der Waals surface area contributed by atoms with E-state index in [1.807, 2.05) is 0 Å². The van der Waals surface area contributed by atoms with E-state index in [0.29, 0.717) is 10.7 Å². The van der Waals surface area contributed by atoms with E-state index in [1.165, 1.54) is 37.4 Å². The number of esters is 1. The second-order valence-electron chi connectivity index (χ2n) is 4.29. The number of H-pyrrole nitrogens is 1. The Bertz CT molecular complexity index is 766. The monoisotopic (exact) mass is 328 g/mol. The van der Waals surface area contributed by atoms with Gasteiger partial charge in [0.05, 0.1) is 17.7 Å². The van der Waals surface area contributed by atoms with Crippen molar-refractivity contribution in [1.82, 2.24) is 4.98 Å². The quantitative estimate of drug-likeness (QED) is 0.844. The zero-order valence-corrected chi connectivity index (χ0v) is 12.9. The Kier molecular flexibility index (Phi) is 4.24. The van der Waals surface area contributed by atoms with Crippen LogP contribution < -0.4 is 4.72 Å². The lowest BCUT2D eigenvalue weighted by Gasteiger charge is -2.08. The van der Waals surface area contributed by atoms with Crippen molar-refractivity contribution in [3.8, 4) is 0 Å². The molecule has 0 aliphatic heterocycles. The summed E-state index contributed by atoms with van der Waals surface area (Å²) in [6, 6.07) is 7.21. The molecule has 21 heavy (non-hydrogen) atoms. The van der Waals surface area contributed by atoms with E-state index in [9.17, 15) is 13.2 Å². The van der Waals surface area contributed by atoms with Crippen LogP contribution in [0.2, 0.25) is 5.02 Å². The maximum Gasteiger partial charge on any atom is 0.356 e. The molecule has 2 aromatic rings. The zero-order chi connectivity index (χ0) is 15.6. The van der Waals surface area contributed by atoms with Crippen molar-refractivity contribution in [2.24, 2.45) is 0 Å². The molecule has 8 heteroatoms. The SMILES string of the molecule is COC(=O)c1[nH]c(C)cc1NS(=O)(=O)c1ccc(Cl)cc1. The van der Waals surface area contributed by atoms with Crippen LogP contribution in [-0.2, 0) is 14.8 Å². The van der Waals surface area contributed by atoms with Gasteiger partial charge in [0.1, 0.15) is 5.69 Å². The number of benzene rings is 1. The van der Waals surface area contributed by atoms with Crippen molar-refractivity contribution < 1.29 is 17.9 Å². The number of aromatic nitrogens is 1. The minimum atomic E-state index is -3.82. The fourth-order valence-electron chi connectivity index (χ4n) is 1.75. The predicted molar refractivity (Wildman–Crippen MR) is 79.1 cm³/mol. The average Bonchev–Trinajstić information content (AvgIpc) is 2.78. The molecule has 0 amide bonds. The van der Waals surface area contributed by atoms with Gasteiger partial charge in [-0.2, -0.15) is 0 Å². The Balaban J connectivity index is 2.37. The third kappa shape index (κ3) is 3.37. The molecule has 112 valence electrons. The molecule has 0 aliphatic carbocycles. The van der Waals surface area contributed by atoms with Crippen molar-refractivity contribution >= 4 is 33.3 Å². The van der Waals surface area contributed by atoms with Crippen molar-refractivity contribution in [2.45, 2.75) is 11.8 Å². The van der Waals surface area contributed by atoms with Crippen LogP contribution in [0, 0.1) is 6.92 Å². The predicted octanol–water partition coefficient (Wildman–Crippen LogP) is 2.56. The van der Waals surface area contributed by atoms with Crippen LogP contribution >= 0.6 is 11.6 Å². The number of aromatic amines is 1. The van der Waals surface area contributed by atoms with Crippen molar-refractivity contribution in [2.75, 3.05) is 11.8 Å². The van der Waals surface area contributed by atoms with E-state index in [1.54, 1.807) is 6.92 Å². The summed E-state index contributed by atoms with van der Waals surface area (Å²) in [4.78, 5) is 14.4. The lowest BCUT2D eigenvalue weighted by molar-refractivity contribution is 0.0596. The maximum absolute atomic E-state index is 12.3. The molecule has 0 radical (unpaired) electrons. The van der Waals surface area contributed by atoms with Crippen molar-refractivity contribution in [3.63, 3.8) is 0 Å². The number of rotatable bonds is 4. The van der Waals surface area contributed by atoms with Crippen LogP contribution in [0.25, 0.3) is 0 Å². The number of sulfonamides is 1. The maximum atomic E-state index is 12.3. The van der Waals surface area contributed by atoms with Crippen LogP contribution in [0.4, 0.5) is 5.69 Å². The lowest BCUT2D eigenvalue weighted by atomic mass is 10.4. The molecule has 0 fully saturated rings. The topological polar surface area (TPSA) is 88.3 Å². The first-order valence-corrected chi connectivity index (χ1v) is 7.76. The second kappa shape index (κ2) is 5.79. The van der Waals surface area contributed by atoms with Gasteiger partial charge >= 0.3 is 5.97 Å². The third-order valence-corrected chi connectivity index (χ3v) is 4.34. The van der Waals surface area contributed by atoms with E-state index in [2.05, 4.69) is 14.4 Å². The summed E-state index contributed by atoms with van der Waals surface area (Å²) in [6.07, 6.45) is 0. The number of methoxy groups -OCH3 is 1. The van der Waals surface area contributed by atoms with E-state index in [-0.39, 0.29) is 16.3 Å². The van der Waals surface area contributed by atoms with Gasteiger partial charge < -0.3 is 9.72 Å². The number of nitrogens with one attached hydrogen (secondary N) is 2. The fraction of sp³-hybridized carbons (Fsp3) is 0.154. The van der Waals surface area contributed by atoms with Gasteiger partial charge in [0.2, 0.25) is 0 Å². The number of anilines is 1. The molecule has 1 aromatic heterocycles. The molecular weight excluding hydrogens is 316 g/mol. The summed E-state index contributed by atoms with van der Waals surface area (Å²) in [5, 5.41) is 0.432. The highest BCUT2D eigenvalue weighted by Gasteiger charge is 2.21. The Labute approximate surface area is 127 Å². The Morgan fingerprint density at radius 2 is 1.90 bits per heavy atom. The van der Waals surface area contributed by atoms with Crippen LogP contribution in [0.1, 0.15) is 16.2 Å². The summed E-state index contributed by atoms with van der Waals surface area (Å²) in [7, 11) is -2.60. The molecule has 0 unspecified atom stereocenters. The average molecular weight is 329 g/mol. The molecular formula is C13H13ClN2O4S. The van der Waals surface area contributed by atoms with Gasteiger partial charge in [-0.15, -0.1) is 0 Å². The summed E-state index contributed by atoms with van der Waals surface area (Å²) in [5.74, 6) is -0.656. The molecule has 0 spiro atoms. The smallest absolute Gasteiger partial charge is 0.356 e. The van der Waals surface area contributed by atoms with Gasteiger partial charge in [0.15, 0.2) is 0 Å². The number of hydrogen-bond donors (Lipinski definition) is 2. The third-order valence-electron chi connectivity index (χ3n) is 2.71. The summed E-state index contributed by atoms with van der Waals surface area (Å²) >= 11 is 5.73. The van der Waals surface area contributed by atoms with Crippen molar-refractivity contribution in [3.05, 3.63) is 46.7 Å². The van der Waals surface area contributed by atoms with Crippen LogP contribution in [0.3, 0.4) is 0 Å². The highest BCUT2D eigenvalue weighted by Crippen LogP contribution is 2.22. The highest BCUT2D eigenvalue weighted by atomic mass is 35.5. The normalized spacial score (nSPS) is 11.2. The largest absolute Gasteiger partial charge is 0.464 e. The Morgan fingerprint density at radius 1 is 1.29 bits per heavy atom. The number of carbonyl (C=O) groups is 1. The first kappa shape index (κ1) is 15.4. The molecule has 0 saturated heterocycles. The van der Waals surface area contributed by atoms with Gasteiger partial charge in [-0.3, -0.25) is 4.72 Å². The van der Waals surface area contributed by atoms with Crippen LogP contribution in [0.5, 0.6) is 0 Å². The molecule has 1 aromatic carbocycles. The highest BCUT2D eigenvalue weighted by molar-refractivity contribution is 7.92. The van der Waals surface area contributed by atoms with E-state index in [4.69, 9.17) is 11.6 Å². The van der Waals surface area contributed by atoms with Crippen molar-refractivity contribution in [1.29, 1.82) is 0 Å². The minimum Gasteiger partial charge on any atom is -0.464 e. The van der Waals surface area contributed by atoms with Gasteiger partial charge in [0.25, 0.3) is 10.0 Å². The zero-order valence-electron chi connectivity index (χ0n) is 11.3. The second-order valence-corrected chi connectivity index (χ2v) is 6.41. The van der Waals surface area contributed by atoms with E-state index >= 15 is 0 Å². The summed E-state index contributed by atoms with van der Waals surface area (Å²) < 4.78 is 31.5.